The van der Waals surface area contributed by atoms with Crippen molar-refractivity contribution < 1.29 is 13.2 Å². The second-order valence-corrected chi connectivity index (χ2v) is 3.17. The van der Waals surface area contributed by atoms with Crippen LogP contribution in [0.15, 0.2) is 11.1 Å². The van der Waals surface area contributed by atoms with E-state index >= 15 is 0 Å². The first-order chi connectivity index (χ1) is 5.93. The molecular weight excluding hydrogens is 201 g/mol. The quantitative estimate of drug-likeness (QED) is 0.524. The second-order valence-electron chi connectivity index (χ2n) is 2.34. The summed E-state index contributed by atoms with van der Waals surface area (Å²) in [4.78, 5) is 7.12. The lowest BCUT2D eigenvalue weighted by Crippen LogP contribution is -2.10. The molecule has 1 aromatic heterocycles. The summed E-state index contributed by atoms with van der Waals surface area (Å²) in [6, 6.07) is 0.942. The molecule has 0 saturated carbocycles. The fourth-order valence-corrected chi connectivity index (χ4v) is 1.24. The minimum Gasteiger partial charge on any atom is -0.229 e. The average Bonchev–Trinajstić information content (AvgIpc) is 2.01. The van der Waals surface area contributed by atoms with Crippen LogP contribution in [0.3, 0.4) is 0 Å². The summed E-state index contributed by atoms with van der Waals surface area (Å²) in [5.41, 5.74) is -0.885. The number of aromatic nitrogens is 2. The largest absolute Gasteiger partial charge is 0.433 e. The molecule has 0 amide bonds. The Bertz CT molecular complexity index is 311. The van der Waals surface area contributed by atoms with Crippen LogP contribution in [0.4, 0.5) is 13.2 Å². The first-order valence-electron chi connectivity index (χ1n) is 3.40. The van der Waals surface area contributed by atoms with Crippen LogP contribution in [0.1, 0.15) is 11.5 Å². The number of rotatable bonds is 1. The zero-order valence-electron chi connectivity index (χ0n) is 7.01. The summed E-state index contributed by atoms with van der Waals surface area (Å²) >= 11 is 1.16. The highest BCUT2D eigenvalue weighted by atomic mass is 32.2. The van der Waals surface area contributed by atoms with Crippen LogP contribution >= 0.6 is 11.8 Å². The van der Waals surface area contributed by atoms with Gasteiger partial charge in [-0.1, -0.05) is 0 Å². The molecule has 0 atom stereocenters. The number of hydrogen-bond acceptors (Lipinski definition) is 3. The highest BCUT2D eigenvalue weighted by Crippen LogP contribution is 2.29. The van der Waals surface area contributed by atoms with Crippen LogP contribution < -0.4 is 0 Å². The molecule has 0 radical (unpaired) electrons. The molecule has 0 unspecified atom stereocenters. The Kier molecular flexibility index (Phi) is 2.80. The fraction of sp³-hybridized carbons (Fsp3) is 0.429. The zero-order valence-corrected chi connectivity index (χ0v) is 7.83. The summed E-state index contributed by atoms with van der Waals surface area (Å²) in [5.74, 6) is 0.138. The van der Waals surface area contributed by atoms with E-state index in [-0.39, 0.29) is 5.82 Å². The van der Waals surface area contributed by atoms with Crippen molar-refractivity contribution in [3.8, 4) is 0 Å². The molecule has 2 nitrogen and oxygen atoms in total. The molecule has 1 heterocycles. The van der Waals surface area contributed by atoms with Gasteiger partial charge in [0.1, 0.15) is 16.5 Å². The molecular formula is C7H7F3N2S. The number of hydrogen-bond donors (Lipinski definition) is 0. The Morgan fingerprint density at radius 2 is 1.92 bits per heavy atom. The van der Waals surface area contributed by atoms with E-state index in [1.165, 1.54) is 6.92 Å². The molecule has 0 saturated heterocycles. The van der Waals surface area contributed by atoms with Gasteiger partial charge in [0.05, 0.1) is 0 Å². The molecule has 1 rings (SSSR count). The van der Waals surface area contributed by atoms with Gasteiger partial charge in [-0.2, -0.15) is 13.2 Å². The number of alkyl halides is 3. The van der Waals surface area contributed by atoms with Gasteiger partial charge in [-0.15, -0.1) is 11.8 Å². The van der Waals surface area contributed by atoms with Gasteiger partial charge in [-0.3, -0.25) is 0 Å². The van der Waals surface area contributed by atoms with Crippen molar-refractivity contribution in [3.05, 3.63) is 17.6 Å². The van der Waals surface area contributed by atoms with E-state index < -0.39 is 11.9 Å². The second kappa shape index (κ2) is 3.53. The standard InChI is InChI=1S/C7H7F3N2S/c1-4-11-5(7(8,9)10)3-6(12-4)13-2/h3H,1-2H3. The maximum absolute atomic E-state index is 12.2. The molecule has 0 aliphatic rings. The summed E-state index contributed by atoms with van der Waals surface area (Å²) in [5, 5.41) is 0.333. The summed E-state index contributed by atoms with van der Waals surface area (Å²) in [6.07, 6.45) is -2.72. The lowest BCUT2D eigenvalue weighted by atomic mass is 10.4. The average molecular weight is 208 g/mol. The van der Waals surface area contributed by atoms with E-state index in [0.717, 1.165) is 17.8 Å². The summed E-state index contributed by atoms with van der Waals surface area (Å²) < 4.78 is 36.6. The molecule has 0 bridgehead atoms. The Labute approximate surface area is 77.6 Å². The molecule has 0 aromatic carbocycles. The molecule has 0 spiro atoms. The molecule has 13 heavy (non-hydrogen) atoms. The van der Waals surface area contributed by atoms with E-state index in [0.29, 0.717) is 5.03 Å². The third-order valence-corrected chi connectivity index (χ3v) is 1.94. The van der Waals surface area contributed by atoms with Crippen LogP contribution in [0.2, 0.25) is 0 Å². The van der Waals surface area contributed by atoms with Gasteiger partial charge < -0.3 is 0 Å². The van der Waals surface area contributed by atoms with Crippen molar-refractivity contribution in [3.63, 3.8) is 0 Å². The molecule has 0 aliphatic heterocycles. The molecule has 72 valence electrons. The van der Waals surface area contributed by atoms with Crippen molar-refractivity contribution in [2.24, 2.45) is 0 Å². The van der Waals surface area contributed by atoms with E-state index in [9.17, 15) is 13.2 Å². The number of halogens is 3. The predicted molar refractivity (Wildman–Crippen MR) is 43.6 cm³/mol. The first-order valence-corrected chi connectivity index (χ1v) is 4.63. The van der Waals surface area contributed by atoms with E-state index in [4.69, 9.17) is 0 Å². The van der Waals surface area contributed by atoms with Crippen LogP contribution in [0.25, 0.3) is 0 Å². The minimum absolute atomic E-state index is 0.138. The highest BCUT2D eigenvalue weighted by molar-refractivity contribution is 7.98. The SMILES string of the molecule is CSc1cc(C(F)(F)F)nc(C)n1. The van der Waals surface area contributed by atoms with Crippen molar-refractivity contribution in [1.29, 1.82) is 0 Å². The van der Waals surface area contributed by atoms with Gasteiger partial charge in [0.15, 0.2) is 0 Å². The van der Waals surface area contributed by atoms with Crippen molar-refractivity contribution >= 4 is 11.8 Å². The molecule has 0 aliphatic carbocycles. The lowest BCUT2D eigenvalue weighted by molar-refractivity contribution is -0.141. The van der Waals surface area contributed by atoms with Crippen LogP contribution in [-0.2, 0) is 6.18 Å². The van der Waals surface area contributed by atoms with Crippen molar-refractivity contribution in [2.75, 3.05) is 6.26 Å². The van der Waals surface area contributed by atoms with E-state index in [1.807, 2.05) is 0 Å². The van der Waals surface area contributed by atoms with E-state index in [1.54, 1.807) is 6.26 Å². The van der Waals surface area contributed by atoms with Gasteiger partial charge in [0.25, 0.3) is 0 Å². The van der Waals surface area contributed by atoms with Crippen LogP contribution in [0, 0.1) is 6.92 Å². The number of aryl methyl sites for hydroxylation is 1. The van der Waals surface area contributed by atoms with Gasteiger partial charge in [0, 0.05) is 6.07 Å². The third-order valence-electron chi connectivity index (χ3n) is 1.31. The Balaban J connectivity index is 3.16. The highest BCUT2D eigenvalue weighted by Gasteiger charge is 2.33. The molecule has 0 fully saturated rings. The number of thioether (sulfide) groups is 1. The van der Waals surface area contributed by atoms with Crippen LogP contribution in [0.5, 0.6) is 0 Å². The Hall–Kier alpha value is -0.780. The third kappa shape index (κ3) is 2.58. The monoisotopic (exact) mass is 208 g/mol. The molecule has 6 heteroatoms. The maximum atomic E-state index is 12.2. The topological polar surface area (TPSA) is 25.8 Å². The number of nitrogens with zero attached hydrogens (tertiary/aromatic N) is 2. The summed E-state index contributed by atoms with van der Waals surface area (Å²) in [7, 11) is 0. The van der Waals surface area contributed by atoms with Crippen LogP contribution in [-0.4, -0.2) is 16.2 Å². The predicted octanol–water partition coefficient (Wildman–Crippen LogP) is 2.53. The van der Waals surface area contributed by atoms with Gasteiger partial charge in [-0.25, -0.2) is 9.97 Å². The minimum atomic E-state index is -4.39. The Morgan fingerprint density at radius 3 is 2.38 bits per heavy atom. The van der Waals surface area contributed by atoms with Crippen molar-refractivity contribution in [1.82, 2.24) is 9.97 Å². The van der Waals surface area contributed by atoms with Gasteiger partial charge in [0.2, 0.25) is 0 Å². The van der Waals surface area contributed by atoms with Crippen molar-refractivity contribution in [2.45, 2.75) is 18.1 Å². The fourth-order valence-electron chi connectivity index (χ4n) is 0.790. The maximum Gasteiger partial charge on any atom is 0.433 e. The normalized spacial score (nSPS) is 11.8. The van der Waals surface area contributed by atoms with Gasteiger partial charge >= 0.3 is 6.18 Å². The van der Waals surface area contributed by atoms with Gasteiger partial charge in [-0.05, 0) is 13.2 Å². The Morgan fingerprint density at radius 1 is 1.31 bits per heavy atom. The zero-order chi connectivity index (χ0) is 10.1. The first kappa shape index (κ1) is 10.3. The molecule has 1 aromatic rings. The summed E-state index contributed by atoms with van der Waals surface area (Å²) in [6.45, 7) is 1.44. The lowest BCUT2D eigenvalue weighted by Gasteiger charge is -2.07. The van der Waals surface area contributed by atoms with E-state index in [2.05, 4.69) is 9.97 Å². The molecule has 0 N–H and O–H groups in total. The smallest absolute Gasteiger partial charge is 0.229 e.